The first-order valence-electron chi connectivity index (χ1n) is 13.2. The zero-order chi connectivity index (χ0) is 29.0. The molecule has 0 amide bonds. The molecule has 0 spiro atoms. The first kappa shape index (κ1) is 33.9. The molecule has 39 heavy (non-hydrogen) atoms. The van der Waals surface area contributed by atoms with Gasteiger partial charge in [0.25, 0.3) is 0 Å². The van der Waals surface area contributed by atoms with E-state index in [1.165, 1.54) is 27.7 Å². The molecule has 220 valence electrons. The molecule has 0 aromatic carbocycles. The molecule has 0 bridgehead atoms. The summed E-state index contributed by atoms with van der Waals surface area (Å²) < 4.78 is 32.7. The summed E-state index contributed by atoms with van der Waals surface area (Å²) in [6.45, 7) is 5.08. The number of hydrogen-bond acceptors (Lipinski definition) is 11. The monoisotopic (exact) mass is 555 g/mol. The van der Waals surface area contributed by atoms with E-state index in [0.717, 1.165) is 51.4 Å². The van der Waals surface area contributed by atoms with Gasteiger partial charge >= 0.3 is 23.9 Å². The molecule has 5 atom stereocenters. The Morgan fingerprint density at radius 1 is 0.846 bits per heavy atom. The molecule has 0 N–H and O–H groups in total. The molecule has 13 heteroatoms. The van der Waals surface area contributed by atoms with Crippen molar-refractivity contribution in [3.8, 4) is 0 Å². The van der Waals surface area contributed by atoms with E-state index in [0.29, 0.717) is 6.54 Å². The van der Waals surface area contributed by atoms with E-state index in [9.17, 15) is 19.2 Å². The maximum atomic E-state index is 11.8. The van der Waals surface area contributed by atoms with Gasteiger partial charge in [0.05, 0.1) is 6.61 Å². The fourth-order valence-electron chi connectivity index (χ4n) is 4.04. The van der Waals surface area contributed by atoms with Gasteiger partial charge in [-0.25, -0.2) is 0 Å². The highest BCUT2D eigenvalue weighted by molar-refractivity contribution is 5.68. The number of hydrogen-bond donors (Lipinski definition) is 0. The van der Waals surface area contributed by atoms with Gasteiger partial charge in [-0.3, -0.25) is 19.2 Å². The van der Waals surface area contributed by atoms with Crippen LogP contribution in [0, 0.1) is 0 Å². The Hall–Kier alpha value is -3.15. The lowest BCUT2D eigenvalue weighted by molar-refractivity contribution is -0.196. The largest absolute Gasteiger partial charge is 0.462 e. The number of esters is 4. The quantitative estimate of drug-likeness (QED) is 0.0430. The highest BCUT2D eigenvalue weighted by Gasteiger charge is 2.54. The van der Waals surface area contributed by atoms with Crippen molar-refractivity contribution in [3.05, 3.63) is 22.6 Å². The number of allylic oxidation sites excluding steroid dienone is 1. The van der Waals surface area contributed by atoms with E-state index in [-0.39, 0.29) is 13.2 Å². The molecule has 1 saturated heterocycles. The summed E-state index contributed by atoms with van der Waals surface area (Å²) in [5, 5.41) is 3.53. The highest BCUT2D eigenvalue weighted by atomic mass is 16.7. The van der Waals surface area contributed by atoms with Crippen molar-refractivity contribution in [2.24, 2.45) is 5.11 Å². The molecule has 1 aliphatic heterocycles. The summed E-state index contributed by atoms with van der Waals surface area (Å²) in [7, 11) is 0. The van der Waals surface area contributed by atoms with E-state index >= 15 is 0 Å². The van der Waals surface area contributed by atoms with Crippen LogP contribution >= 0.6 is 0 Å². The van der Waals surface area contributed by atoms with Gasteiger partial charge in [-0.2, -0.15) is 0 Å². The van der Waals surface area contributed by atoms with Gasteiger partial charge in [-0.1, -0.05) is 49.4 Å². The van der Waals surface area contributed by atoms with E-state index in [1.54, 1.807) is 0 Å². The molecule has 1 fully saturated rings. The average Bonchev–Trinajstić information content (AvgIpc) is 3.17. The van der Waals surface area contributed by atoms with E-state index in [2.05, 4.69) is 10.0 Å². The fourth-order valence-corrected chi connectivity index (χ4v) is 4.04. The third-order valence-corrected chi connectivity index (χ3v) is 5.66. The van der Waals surface area contributed by atoms with Gasteiger partial charge in [0.15, 0.2) is 24.6 Å². The lowest BCUT2D eigenvalue weighted by Crippen LogP contribution is -2.46. The molecular weight excluding hydrogens is 514 g/mol. The van der Waals surface area contributed by atoms with Crippen LogP contribution in [0.3, 0.4) is 0 Å². The Bertz CT molecular complexity index is 859. The first-order chi connectivity index (χ1) is 18.6. The van der Waals surface area contributed by atoms with E-state index < -0.39 is 54.6 Å². The van der Waals surface area contributed by atoms with Crippen molar-refractivity contribution in [2.75, 3.05) is 19.8 Å². The second-order valence-electron chi connectivity index (χ2n) is 9.09. The number of rotatable bonds is 19. The third-order valence-electron chi connectivity index (χ3n) is 5.66. The molecule has 0 aliphatic carbocycles. The second-order valence-corrected chi connectivity index (χ2v) is 9.09. The molecule has 0 unspecified atom stereocenters. The van der Waals surface area contributed by atoms with Crippen molar-refractivity contribution >= 4 is 23.9 Å². The van der Waals surface area contributed by atoms with Crippen LogP contribution < -0.4 is 0 Å². The Morgan fingerprint density at radius 2 is 1.46 bits per heavy atom. The second kappa shape index (κ2) is 19.9. The summed E-state index contributed by atoms with van der Waals surface area (Å²) in [5.41, 5.74) is 8.25. The lowest BCUT2D eigenvalue weighted by Gasteiger charge is -2.27. The lowest BCUT2D eigenvalue weighted by atomic mass is 10.1. The van der Waals surface area contributed by atoms with E-state index in [1.807, 2.05) is 12.2 Å². The van der Waals surface area contributed by atoms with Crippen LogP contribution in [-0.4, -0.2) is 74.3 Å². The highest BCUT2D eigenvalue weighted by Crippen LogP contribution is 2.31. The minimum Gasteiger partial charge on any atom is -0.462 e. The zero-order valence-corrected chi connectivity index (χ0v) is 23.2. The van der Waals surface area contributed by atoms with Gasteiger partial charge in [-0.05, 0) is 24.8 Å². The van der Waals surface area contributed by atoms with Gasteiger partial charge in [0.1, 0.15) is 12.7 Å². The SMILES string of the molecule is CC(=O)OC[C@@H](OC(C)=O)[C@@H]1O[C@@H](OC/C=C/CCCCCCCCCN=[N+]=[N-])[C@H](OC(C)=O)[C@H]1OC(C)=O. The Labute approximate surface area is 229 Å². The molecule has 1 heterocycles. The maximum Gasteiger partial charge on any atom is 0.303 e. The number of nitrogens with zero attached hydrogens (tertiary/aromatic N) is 3. The standard InChI is InChI=1S/C26H41N3O10/c1-18(30)35-17-22(36-19(2)31)23-24(37-20(3)32)25(38-21(4)33)26(39-23)34-16-14-12-10-8-6-5-7-9-11-13-15-28-29-27/h12,14,22-26H,5-11,13,15-17H2,1-4H3/b14-12+/t22-,23+,24+,25-,26-/m1/s1. The Balaban J connectivity index is 2.65. The average molecular weight is 556 g/mol. The van der Waals surface area contributed by atoms with Crippen molar-refractivity contribution in [1.82, 2.24) is 0 Å². The van der Waals surface area contributed by atoms with Crippen molar-refractivity contribution < 1.29 is 47.6 Å². The number of carbonyl (C=O) groups is 4. The normalized spacial score (nSPS) is 21.1. The minimum absolute atomic E-state index is 0.134. The molecule has 1 aliphatic rings. The molecule has 0 aromatic heterocycles. The number of carbonyl (C=O) groups excluding carboxylic acids is 4. The van der Waals surface area contributed by atoms with Gasteiger partial charge in [0.2, 0.25) is 0 Å². The molecule has 0 aromatic rings. The molecule has 1 rings (SSSR count). The van der Waals surface area contributed by atoms with Crippen LogP contribution in [0.4, 0.5) is 0 Å². The number of unbranched alkanes of at least 4 members (excludes halogenated alkanes) is 7. The molecule has 0 saturated carbocycles. The topological polar surface area (TPSA) is 172 Å². The van der Waals surface area contributed by atoms with Crippen LogP contribution in [-0.2, 0) is 47.6 Å². The fraction of sp³-hybridized carbons (Fsp3) is 0.769. The van der Waals surface area contributed by atoms with E-state index in [4.69, 9.17) is 34.0 Å². The van der Waals surface area contributed by atoms with Crippen molar-refractivity contribution in [3.63, 3.8) is 0 Å². The molecular formula is C26H41N3O10. The predicted octanol–water partition coefficient (Wildman–Crippen LogP) is 4.07. The predicted molar refractivity (Wildman–Crippen MR) is 138 cm³/mol. The molecule has 0 radical (unpaired) electrons. The van der Waals surface area contributed by atoms with Gasteiger partial charge in [0, 0.05) is 39.2 Å². The summed E-state index contributed by atoms with van der Waals surface area (Å²) >= 11 is 0. The Kier molecular flexibility index (Phi) is 17.2. The van der Waals surface area contributed by atoms with Crippen molar-refractivity contribution in [2.45, 2.75) is 110 Å². The third kappa shape index (κ3) is 15.1. The number of ether oxygens (including phenoxy) is 6. The summed E-state index contributed by atoms with van der Waals surface area (Å²) in [6.07, 6.45) is 6.55. The zero-order valence-electron chi connectivity index (χ0n) is 23.2. The summed E-state index contributed by atoms with van der Waals surface area (Å²) in [6, 6.07) is 0. The molecule has 13 nitrogen and oxygen atoms in total. The van der Waals surface area contributed by atoms with Crippen LogP contribution in [0.5, 0.6) is 0 Å². The smallest absolute Gasteiger partial charge is 0.303 e. The van der Waals surface area contributed by atoms with Crippen LogP contribution in [0.1, 0.15) is 79.1 Å². The Morgan fingerprint density at radius 3 is 2.05 bits per heavy atom. The van der Waals surface area contributed by atoms with Crippen LogP contribution in [0.25, 0.3) is 10.4 Å². The first-order valence-corrected chi connectivity index (χ1v) is 13.2. The summed E-state index contributed by atoms with van der Waals surface area (Å²) in [5.74, 6) is -2.59. The van der Waals surface area contributed by atoms with Gasteiger partial charge in [-0.15, -0.1) is 0 Å². The number of azide groups is 1. The maximum absolute atomic E-state index is 11.8. The van der Waals surface area contributed by atoms with Crippen LogP contribution in [0.15, 0.2) is 17.3 Å². The van der Waals surface area contributed by atoms with Gasteiger partial charge < -0.3 is 28.4 Å². The van der Waals surface area contributed by atoms with Crippen LogP contribution in [0.2, 0.25) is 0 Å². The van der Waals surface area contributed by atoms with Crippen molar-refractivity contribution in [1.29, 1.82) is 0 Å². The summed E-state index contributed by atoms with van der Waals surface area (Å²) in [4.78, 5) is 49.4. The minimum atomic E-state index is -1.17.